The van der Waals surface area contributed by atoms with Crippen LogP contribution in [0.2, 0.25) is 0 Å². The van der Waals surface area contributed by atoms with Crippen LogP contribution in [-0.2, 0) is 16.6 Å². The van der Waals surface area contributed by atoms with Crippen molar-refractivity contribution in [2.75, 3.05) is 40.8 Å². The van der Waals surface area contributed by atoms with Crippen LogP contribution in [0, 0.1) is 5.92 Å². The van der Waals surface area contributed by atoms with Crippen LogP contribution in [0.1, 0.15) is 24.8 Å². The fourth-order valence-electron chi connectivity index (χ4n) is 3.07. The average Bonchev–Trinajstić information content (AvgIpc) is 2.53. The number of sulfonamides is 1. The number of nitrogens with zero attached hydrogens (tertiary/aromatic N) is 2. The van der Waals surface area contributed by atoms with E-state index in [2.05, 4.69) is 10.2 Å². The summed E-state index contributed by atoms with van der Waals surface area (Å²) < 4.78 is 27.1. The van der Waals surface area contributed by atoms with Crippen molar-refractivity contribution in [1.82, 2.24) is 14.5 Å². The van der Waals surface area contributed by atoms with E-state index < -0.39 is 10.0 Å². The lowest BCUT2D eigenvalue weighted by Crippen LogP contribution is -2.38. The summed E-state index contributed by atoms with van der Waals surface area (Å²) in [6, 6.07) is 7.29. The molecule has 5 nitrogen and oxygen atoms in total. The summed E-state index contributed by atoms with van der Waals surface area (Å²) in [5, 5.41) is 3.17. The molecular weight excluding hydrogens is 346 g/mol. The molecule has 2 rings (SSSR count). The first-order chi connectivity index (χ1) is 10.9. The van der Waals surface area contributed by atoms with Crippen LogP contribution in [0.25, 0.3) is 0 Å². The van der Waals surface area contributed by atoms with Crippen molar-refractivity contribution in [2.45, 2.75) is 30.7 Å². The maximum atomic E-state index is 12.7. The highest BCUT2D eigenvalue weighted by Crippen LogP contribution is 2.25. The van der Waals surface area contributed by atoms with Crippen molar-refractivity contribution in [3.8, 4) is 0 Å². The van der Waals surface area contributed by atoms with E-state index in [0.29, 0.717) is 23.9 Å². The summed E-state index contributed by atoms with van der Waals surface area (Å²) in [5.74, 6) is 0.636. The van der Waals surface area contributed by atoms with Crippen LogP contribution in [0.3, 0.4) is 0 Å². The third-order valence-corrected chi connectivity index (χ3v) is 6.35. The molecule has 0 aromatic heterocycles. The monoisotopic (exact) mass is 375 g/mol. The molecule has 0 atom stereocenters. The van der Waals surface area contributed by atoms with Crippen LogP contribution in [-0.4, -0.2) is 58.4 Å². The van der Waals surface area contributed by atoms with Gasteiger partial charge in [-0.05, 0) is 70.6 Å². The first-order valence-corrected chi connectivity index (χ1v) is 9.76. The fourth-order valence-corrected chi connectivity index (χ4v) is 4.54. The van der Waals surface area contributed by atoms with Crippen LogP contribution in [0.5, 0.6) is 0 Å². The maximum Gasteiger partial charge on any atom is 0.243 e. The topological polar surface area (TPSA) is 52.7 Å². The number of benzene rings is 1. The number of nitrogens with one attached hydrogen (secondary N) is 1. The largest absolute Gasteiger partial charge is 0.320 e. The molecule has 0 bridgehead atoms. The lowest BCUT2D eigenvalue weighted by molar-refractivity contribution is 0.263. The minimum Gasteiger partial charge on any atom is -0.320 e. The third kappa shape index (κ3) is 5.70. The van der Waals surface area contributed by atoms with Crippen molar-refractivity contribution in [2.24, 2.45) is 5.92 Å². The number of hydrogen-bond acceptors (Lipinski definition) is 4. The molecule has 1 heterocycles. The molecule has 1 aliphatic rings. The van der Waals surface area contributed by atoms with Crippen LogP contribution in [0.4, 0.5) is 0 Å². The van der Waals surface area contributed by atoms with Crippen molar-refractivity contribution in [1.29, 1.82) is 0 Å². The number of hydrogen-bond donors (Lipinski definition) is 1. The summed E-state index contributed by atoms with van der Waals surface area (Å²) >= 11 is 0. The van der Waals surface area contributed by atoms with E-state index >= 15 is 0 Å². The molecule has 138 valence electrons. The Bertz CT molecular complexity index is 582. The summed E-state index contributed by atoms with van der Waals surface area (Å²) in [4.78, 5) is 2.48. The number of piperidine rings is 1. The lowest BCUT2D eigenvalue weighted by atomic mass is 9.95. The highest BCUT2D eigenvalue weighted by Gasteiger charge is 2.29. The van der Waals surface area contributed by atoms with E-state index in [1.807, 2.05) is 33.3 Å². The van der Waals surface area contributed by atoms with Crippen molar-refractivity contribution >= 4 is 22.4 Å². The van der Waals surface area contributed by atoms with Crippen molar-refractivity contribution in [3.63, 3.8) is 0 Å². The Morgan fingerprint density at radius 2 is 1.75 bits per heavy atom. The Labute approximate surface area is 152 Å². The molecule has 0 saturated carbocycles. The molecule has 7 heteroatoms. The lowest BCUT2D eigenvalue weighted by Gasteiger charge is -2.31. The number of rotatable bonds is 7. The number of halogens is 1. The van der Waals surface area contributed by atoms with Gasteiger partial charge in [0.25, 0.3) is 0 Å². The van der Waals surface area contributed by atoms with Gasteiger partial charge in [0, 0.05) is 19.6 Å². The zero-order valence-electron chi connectivity index (χ0n) is 14.9. The zero-order chi connectivity index (χ0) is 16.9. The predicted octanol–water partition coefficient (Wildman–Crippen LogP) is 2.18. The average molecular weight is 376 g/mol. The molecule has 1 aromatic carbocycles. The molecule has 0 unspecified atom stereocenters. The van der Waals surface area contributed by atoms with E-state index in [9.17, 15) is 8.42 Å². The highest BCUT2D eigenvalue weighted by molar-refractivity contribution is 7.89. The summed E-state index contributed by atoms with van der Waals surface area (Å²) in [5.41, 5.74) is 1.12. The SMILES string of the molecule is CNCCC1CCN(S(=O)(=O)c2ccc(CN(C)C)cc2)CC1.Cl. The normalized spacial score (nSPS) is 17.0. The van der Waals surface area contributed by atoms with E-state index in [1.54, 1.807) is 16.4 Å². The summed E-state index contributed by atoms with van der Waals surface area (Å²) in [6.45, 7) is 3.09. The predicted molar refractivity (Wildman–Crippen MR) is 101 cm³/mol. The minimum atomic E-state index is -3.35. The van der Waals surface area contributed by atoms with Crippen LogP contribution in [0.15, 0.2) is 29.2 Å². The van der Waals surface area contributed by atoms with E-state index in [0.717, 1.165) is 37.9 Å². The quantitative estimate of drug-likeness (QED) is 0.793. The summed E-state index contributed by atoms with van der Waals surface area (Å²) in [7, 11) is 2.62. The second kappa shape index (κ2) is 9.73. The molecule has 24 heavy (non-hydrogen) atoms. The van der Waals surface area contributed by atoms with E-state index in [-0.39, 0.29) is 12.4 Å². The summed E-state index contributed by atoms with van der Waals surface area (Å²) in [6.07, 6.45) is 3.04. The van der Waals surface area contributed by atoms with Gasteiger partial charge in [-0.25, -0.2) is 8.42 Å². The van der Waals surface area contributed by atoms with Crippen molar-refractivity contribution < 1.29 is 8.42 Å². The molecular formula is C17H30ClN3O2S. The van der Waals surface area contributed by atoms with Crippen LogP contribution < -0.4 is 5.32 Å². The molecule has 1 aromatic rings. The van der Waals surface area contributed by atoms with Gasteiger partial charge < -0.3 is 10.2 Å². The first-order valence-electron chi connectivity index (χ1n) is 8.32. The van der Waals surface area contributed by atoms with Gasteiger partial charge in [0.05, 0.1) is 4.90 Å². The van der Waals surface area contributed by atoms with E-state index in [4.69, 9.17) is 0 Å². The third-order valence-electron chi connectivity index (χ3n) is 4.44. The molecule has 0 amide bonds. The second-order valence-corrected chi connectivity index (χ2v) is 8.56. The Morgan fingerprint density at radius 1 is 1.17 bits per heavy atom. The standard InChI is InChI=1S/C17H29N3O2S.ClH/c1-18-11-8-15-9-12-20(13-10-15)23(21,22)17-6-4-16(5-7-17)14-19(2)3;/h4-7,15,18H,8-14H2,1-3H3;1H. The van der Waals surface area contributed by atoms with Gasteiger partial charge in [-0.15, -0.1) is 12.4 Å². The van der Waals surface area contributed by atoms with Gasteiger partial charge in [-0.3, -0.25) is 0 Å². The van der Waals surface area contributed by atoms with Gasteiger partial charge in [-0.2, -0.15) is 4.31 Å². The van der Waals surface area contributed by atoms with Gasteiger partial charge in [0.15, 0.2) is 0 Å². The Balaban J connectivity index is 0.00000288. The fraction of sp³-hybridized carbons (Fsp3) is 0.647. The molecule has 0 aliphatic carbocycles. The zero-order valence-corrected chi connectivity index (χ0v) is 16.5. The highest BCUT2D eigenvalue weighted by atomic mass is 35.5. The molecule has 1 aliphatic heterocycles. The molecule has 0 radical (unpaired) electrons. The van der Waals surface area contributed by atoms with Gasteiger partial charge in [-0.1, -0.05) is 12.1 Å². The molecule has 1 saturated heterocycles. The van der Waals surface area contributed by atoms with E-state index in [1.165, 1.54) is 0 Å². The second-order valence-electron chi connectivity index (χ2n) is 6.62. The smallest absolute Gasteiger partial charge is 0.243 e. The Hall–Kier alpha value is -0.660. The maximum absolute atomic E-state index is 12.7. The van der Waals surface area contributed by atoms with Gasteiger partial charge >= 0.3 is 0 Å². The Morgan fingerprint density at radius 3 is 2.25 bits per heavy atom. The van der Waals surface area contributed by atoms with Crippen molar-refractivity contribution in [3.05, 3.63) is 29.8 Å². The minimum absolute atomic E-state index is 0. The molecule has 1 fully saturated rings. The van der Waals surface area contributed by atoms with Gasteiger partial charge in [0.1, 0.15) is 0 Å². The van der Waals surface area contributed by atoms with Gasteiger partial charge in [0.2, 0.25) is 10.0 Å². The Kier molecular flexibility index (Phi) is 8.67. The molecule has 0 spiro atoms. The molecule has 1 N–H and O–H groups in total. The van der Waals surface area contributed by atoms with Crippen LogP contribution >= 0.6 is 12.4 Å². The first kappa shape index (κ1) is 21.4.